The van der Waals surface area contributed by atoms with Crippen LogP contribution in [0.25, 0.3) is 10.9 Å². The molecule has 0 bridgehead atoms. The number of H-pyrrole nitrogens is 1. The van der Waals surface area contributed by atoms with Crippen molar-refractivity contribution < 1.29 is 9.53 Å². The van der Waals surface area contributed by atoms with Crippen molar-refractivity contribution in [2.75, 3.05) is 25.5 Å². The SMILES string of the molecule is CN1CCC(c2c[nH]c3ccc(NC(=O)OCc4ccccc4)cc23)CC1. The maximum absolute atomic E-state index is 12.1. The minimum atomic E-state index is -0.436. The Hall–Kier alpha value is -2.79. The third-order valence-corrected chi connectivity index (χ3v) is 5.33. The van der Waals surface area contributed by atoms with Gasteiger partial charge in [0, 0.05) is 22.8 Å². The number of benzene rings is 2. The quantitative estimate of drug-likeness (QED) is 0.705. The Morgan fingerprint density at radius 2 is 1.96 bits per heavy atom. The molecular formula is C22H25N3O2. The predicted molar refractivity (Wildman–Crippen MR) is 108 cm³/mol. The molecule has 2 N–H and O–H groups in total. The Morgan fingerprint density at radius 3 is 2.74 bits per heavy atom. The maximum atomic E-state index is 12.1. The first-order valence-corrected chi connectivity index (χ1v) is 9.46. The molecule has 1 aromatic heterocycles. The lowest BCUT2D eigenvalue weighted by Crippen LogP contribution is -2.29. The first kappa shape index (κ1) is 17.6. The molecule has 1 aliphatic heterocycles. The Balaban J connectivity index is 1.44. The lowest BCUT2D eigenvalue weighted by atomic mass is 9.89. The molecule has 0 unspecified atom stereocenters. The Kier molecular flexibility index (Phi) is 5.12. The number of rotatable bonds is 4. The number of carbonyl (C=O) groups is 1. The van der Waals surface area contributed by atoms with Crippen LogP contribution in [-0.2, 0) is 11.3 Å². The van der Waals surface area contributed by atoms with E-state index in [4.69, 9.17) is 4.74 Å². The molecule has 27 heavy (non-hydrogen) atoms. The zero-order chi connectivity index (χ0) is 18.6. The fraction of sp³-hybridized carbons (Fsp3) is 0.318. The van der Waals surface area contributed by atoms with Gasteiger partial charge in [-0.25, -0.2) is 4.79 Å². The smallest absolute Gasteiger partial charge is 0.411 e. The number of hydrogen-bond acceptors (Lipinski definition) is 3. The number of piperidine rings is 1. The van der Waals surface area contributed by atoms with Gasteiger partial charge in [0.25, 0.3) is 0 Å². The standard InChI is InChI=1S/C22H25N3O2/c1-25-11-9-17(10-12-25)20-14-23-21-8-7-18(13-19(20)21)24-22(26)27-15-16-5-3-2-4-6-16/h2-8,13-14,17,23H,9-12,15H2,1H3,(H,24,26). The number of likely N-dealkylation sites (tertiary alicyclic amines) is 1. The van der Waals surface area contributed by atoms with Gasteiger partial charge in [0.15, 0.2) is 0 Å². The van der Waals surface area contributed by atoms with Crippen molar-refractivity contribution in [2.45, 2.75) is 25.4 Å². The molecule has 1 fully saturated rings. The molecule has 0 spiro atoms. The Bertz CT molecular complexity index is 912. The third-order valence-electron chi connectivity index (χ3n) is 5.33. The summed E-state index contributed by atoms with van der Waals surface area (Å²) in [7, 11) is 2.18. The van der Waals surface area contributed by atoms with Crippen molar-refractivity contribution in [1.82, 2.24) is 9.88 Å². The molecule has 0 radical (unpaired) electrons. The van der Waals surface area contributed by atoms with E-state index in [1.807, 2.05) is 48.5 Å². The highest BCUT2D eigenvalue weighted by atomic mass is 16.5. The van der Waals surface area contributed by atoms with E-state index in [2.05, 4.69) is 28.4 Å². The van der Waals surface area contributed by atoms with Gasteiger partial charge in [-0.3, -0.25) is 5.32 Å². The van der Waals surface area contributed by atoms with Crippen LogP contribution >= 0.6 is 0 Å². The maximum Gasteiger partial charge on any atom is 0.411 e. The van der Waals surface area contributed by atoms with Crippen molar-refractivity contribution in [3.05, 3.63) is 65.9 Å². The number of ether oxygens (including phenoxy) is 1. The minimum absolute atomic E-state index is 0.264. The Labute approximate surface area is 159 Å². The monoisotopic (exact) mass is 363 g/mol. The number of aromatic amines is 1. The van der Waals surface area contributed by atoms with Gasteiger partial charge >= 0.3 is 6.09 Å². The largest absolute Gasteiger partial charge is 0.444 e. The van der Waals surface area contributed by atoms with Crippen LogP contribution in [0.5, 0.6) is 0 Å². The molecule has 3 aromatic rings. The summed E-state index contributed by atoms with van der Waals surface area (Å²) in [6.07, 6.45) is 4.02. The summed E-state index contributed by atoms with van der Waals surface area (Å²) in [6.45, 7) is 2.52. The first-order chi connectivity index (χ1) is 13.2. The van der Waals surface area contributed by atoms with E-state index < -0.39 is 6.09 Å². The predicted octanol–water partition coefficient (Wildman–Crippen LogP) is 4.73. The van der Waals surface area contributed by atoms with Gasteiger partial charge < -0.3 is 14.6 Å². The number of carbonyl (C=O) groups excluding carboxylic acids is 1. The first-order valence-electron chi connectivity index (χ1n) is 9.46. The van der Waals surface area contributed by atoms with Crippen LogP contribution in [0, 0.1) is 0 Å². The average molecular weight is 363 g/mol. The Morgan fingerprint density at radius 1 is 1.19 bits per heavy atom. The van der Waals surface area contributed by atoms with Gasteiger partial charge in [0.1, 0.15) is 6.61 Å². The number of nitrogens with one attached hydrogen (secondary N) is 2. The summed E-state index contributed by atoms with van der Waals surface area (Å²) in [6, 6.07) is 15.6. The highest BCUT2D eigenvalue weighted by Gasteiger charge is 2.21. The van der Waals surface area contributed by atoms with Crippen molar-refractivity contribution in [1.29, 1.82) is 0 Å². The molecule has 0 aliphatic carbocycles. The summed E-state index contributed by atoms with van der Waals surface area (Å²) in [5.41, 5.74) is 4.18. The van der Waals surface area contributed by atoms with Crippen molar-refractivity contribution >= 4 is 22.7 Å². The van der Waals surface area contributed by atoms with Gasteiger partial charge in [-0.1, -0.05) is 30.3 Å². The van der Waals surface area contributed by atoms with Crippen LogP contribution in [0.15, 0.2) is 54.7 Å². The van der Waals surface area contributed by atoms with E-state index in [0.29, 0.717) is 5.92 Å². The van der Waals surface area contributed by atoms with Crippen molar-refractivity contribution in [3.63, 3.8) is 0 Å². The molecule has 140 valence electrons. The van der Waals surface area contributed by atoms with Gasteiger partial charge in [-0.15, -0.1) is 0 Å². The molecule has 5 heteroatoms. The fourth-order valence-corrected chi connectivity index (χ4v) is 3.75. The van der Waals surface area contributed by atoms with E-state index in [9.17, 15) is 4.79 Å². The molecule has 0 saturated carbocycles. The molecule has 2 aromatic carbocycles. The summed E-state index contributed by atoms with van der Waals surface area (Å²) >= 11 is 0. The zero-order valence-electron chi connectivity index (χ0n) is 15.6. The molecule has 0 atom stereocenters. The van der Waals surface area contributed by atoms with Crippen LogP contribution in [0.3, 0.4) is 0 Å². The normalized spacial score (nSPS) is 15.7. The lowest BCUT2D eigenvalue weighted by Gasteiger charge is -2.28. The zero-order valence-corrected chi connectivity index (χ0v) is 15.6. The molecule has 1 saturated heterocycles. The van der Waals surface area contributed by atoms with Crippen LogP contribution in [0.4, 0.5) is 10.5 Å². The highest BCUT2D eigenvalue weighted by molar-refractivity contribution is 5.91. The van der Waals surface area contributed by atoms with Crippen LogP contribution in [-0.4, -0.2) is 36.1 Å². The van der Waals surface area contributed by atoms with E-state index in [1.165, 1.54) is 23.8 Å². The number of amides is 1. The number of aromatic nitrogens is 1. The molecule has 1 amide bonds. The number of fused-ring (bicyclic) bond motifs is 1. The molecule has 1 aliphatic rings. The number of anilines is 1. The van der Waals surface area contributed by atoms with Crippen LogP contribution < -0.4 is 5.32 Å². The van der Waals surface area contributed by atoms with Crippen LogP contribution in [0.1, 0.15) is 29.9 Å². The molecule has 2 heterocycles. The van der Waals surface area contributed by atoms with Gasteiger partial charge in [-0.05, 0) is 68.2 Å². The summed E-state index contributed by atoms with van der Waals surface area (Å²) in [5, 5.41) is 4.03. The van der Waals surface area contributed by atoms with E-state index in [-0.39, 0.29) is 6.61 Å². The van der Waals surface area contributed by atoms with Crippen LogP contribution in [0.2, 0.25) is 0 Å². The van der Waals surface area contributed by atoms with Crippen molar-refractivity contribution in [2.24, 2.45) is 0 Å². The van der Waals surface area contributed by atoms with E-state index in [1.54, 1.807) is 0 Å². The molecule has 5 nitrogen and oxygen atoms in total. The molecular weight excluding hydrogens is 338 g/mol. The highest BCUT2D eigenvalue weighted by Crippen LogP contribution is 2.34. The van der Waals surface area contributed by atoms with E-state index >= 15 is 0 Å². The van der Waals surface area contributed by atoms with Gasteiger partial charge in [0.05, 0.1) is 0 Å². The summed E-state index contributed by atoms with van der Waals surface area (Å²) in [5.74, 6) is 0.565. The third kappa shape index (κ3) is 4.14. The number of hydrogen-bond donors (Lipinski definition) is 2. The minimum Gasteiger partial charge on any atom is -0.444 e. The second-order valence-corrected chi connectivity index (χ2v) is 7.27. The second-order valence-electron chi connectivity index (χ2n) is 7.27. The van der Waals surface area contributed by atoms with Crippen molar-refractivity contribution in [3.8, 4) is 0 Å². The second kappa shape index (κ2) is 7.84. The lowest BCUT2D eigenvalue weighted by molar-refractivity contribution is 0.155. The van der Waals surface area contributed by atoms with Gasteiger partial charge in [-0.2, -0.15) is 0 Å². The number of nitrogens with zero attached hydrogens (tertiary/aromatic N) is 1. The van der Waals surface area contributed by atoms with Gasteiger partial charge in [0.2, 0.25) is 0 Å². The fourth-order valence-electron chi connectivity index (χ4n) is 3.75. The van der Waals surface area contributed by atoms with E-state index in [0.717, 1.165) is 29.9 Å². The summed E-state index contributed by atoms with van der Waals surface area (Å²) in [4.78, 5) is 17.9. The topological polar surface area (TPSA) is 57.4 Å². The molecule has 4 rings (SSSR count). The summed E-state index contributed by atoms with van der Waals surface area (Å²) < 4.78 is 5.32. The average Bonchev–Trinajstić information content (AvgIpc) is 3.11.